The minimum atomic E-state index is -0.0478. The van der Waals surface area contributed by atoms with Crippen LogP contribution in [0, 0.1) is 5.92 Å². The SMILES string of the molecule is O=C(N[C@H]1CCCCC[C@H]1CO)c1cccc2cc[nH]c12. The van der Waals surface area contributed by atoms with E-state index in [1.54, 1.807) is 0 Å². The first kappa shape index (κ1) is 14.1. The molecule has 3 rings (SSSR count). The molecule has 1 saturated carbocycles. The number of amides is 1. The number of hydrogen-bond acceptors (Lipinski definition) is 2. The van der Waals surface area contributed by atoms with Gasteiger partial charge < -0.3 is 15.4 Å². The molecule has 2 aromatic rings. The van der Waals surface area contributed by atoms with Crippen molar-refractivity contribution in [3.05, 3.63) is 36.0 Å². The number of hydrogen-bond donors (Lipinski definition) is 3. The average molecular weight is 286 g/mol. The molecule has 0 saturated heterocycles. The van der Waals surface area contributed by atoms with Crippen molar-refractivity contribution >= 4 is 16.8 Å². The maximum absolute atomic E-state index is 12.6. The molecule has 112 valence electrons. The third-order valence-electron chi connectivity index (χ3n) is 4.54. The van der Waals surface area contributed by atoms with Crippen LogP contribution in [0.4, 0.5) is 0 Å². The minimum absolute atomic E-state index is 0.0478. The molecular formula is C17H22N2O2. The van der Waals surface area contributed by atoms with Gasteiger partial charge in [0.1, 0.15) is 0 Å². The molecule has 0 unspecified atom stereocenters. The average Bonchev–Trinajstić information content (AvgIpc) is 2.87. The predicted molar refractivity (Wildman–Crippen MR) is 83.2 cm³/mol. The van der Waals surface area contributed by atoms with E-state index >= 15 is 0 Å². The molecule has 1 aliphatic rings. The molecule has 1 fully saturated rings. The van der Waals surface area contributed by atoms with Gasteiger partial charge in [-0.15, -0.1) is 0 Å². The number of nitrogens with one attached hydrogen (secondary N) is 2. The van der Waals surface area contributed by atoms with Crippen molar-refractivity contribution in [3.8, 4) is 0 Å². The molecule has 4 nitrogen and oxygen atoms in total. The normalized spacial score (nSPS) is 22.9. The molecule has 0 aliphatic heterocycles. The van der Waals surface area contributed by atoms with E-state index in [-0.39, 0.29) is 24.5 Å². The van der Waals surface area contributed by atoms with Gasteiger partial charge in [-0.25, -0.2) is 0 Å². The van der Waals surface area contributed by atoms with Gasteiger partial charge in [0, 0.05) is 30.1 Å². The number of carbonyl (C=O) groups excluding carboxylic acids is 1. The lowest BCUT2D eigenvalue weighted by atomic mass is 9.95. The summed E-state index contributed by atoms with van der Waals surface area (Å²) in [5, 5.41) is 13.7. The molecule has 0 radical (unpaired) electrons. The summed E-state index contributed by atoms with van der Waals surface area (Å²) in [4.78, 5) is 15.7. The zero-order valence-electron chi connectivity index (χ0n) is 12.1. The lowest BCUT2D eigenvalue weighted by Crippen LogP contribution is -2.41. The van der Waals surface area contributed by atoms with Gasteiger partial charge in [-0.3, -0.25) is 4.79 Å². The summed E-state index contributed by atoms with van der Waals surface area (Å²) in [6, 6.07) is 7.79. The molecular weight excluding hydrogens is 264 g/mol. The fourth-order valence-electron chi connectivity index (χ4n) is 3.31. The quantitative estimate of drug-likeness (QED) is 0.760. The Morgan fingerprint density at radius 2 is 2.10 bits per heavy atom. The number of benzene rings is 1. The number of aromatic nitrogens is 1. The van der Waals surface area contributed by atoms with Crippen molar-refractivity contribution in [2.45, 2.75) is 38.1 Å². The maximum Gasteiger partial charge on any atom is 0.253 e. The van der Waals surface area contributed by atoms with Crippen LogP contribution in [0.5, 0.6) is 0 Å². The first-order chi connectivity index (χ1) is 10.3. The Bertz CT molecular complexity index is 620. The molecule has 1 aromatic carbocycles. The third kappa shape index (κ3) is 2.95. The Morgan fingerprint density at radius 1 is 1.24 bits per heavy atom. The molecule has 3 N–H and O–H groups in total. The lowest BCUT2D eigenvalue weighted by Gasteiger charge is -2.24. The first-order valence-electron chi connectivity index (χ1n) is 7.77. The van der Waals surface area contributed by atoms with E-state index in [4.69, 9.17) is 0 Å². The molecule has 2 atom stereocenters. The van der Waals surface area contributed by atoms with E-state index in [1.165, 1.54) is 6.42 Å². The fourth-order valence-corrected chi connectivity index (χ4v) is 3.31. The van der Waals surface area contributed by atoms with E-state index in [2.05, 4.69) is 10.3 Å². The van der Waals surface area contributed by atoms with Gasteiger partial charge in [0.2, 0.25) is 0 Å². The van der Waals surface area contributed by atoms with Crippen LogP contribution in [-0.2, 0) is 0 Å². The number of rotatable bonds is 3. The second kappa shape index (κ2) is 6.31. The first-order valence-corrected chi connectivity index (χ1v) is 7.77. The van der Waals surface area contributed by atoms with Crippen LogP contribution in [0.1, 0.15) is 42.5 Å². The number of para-hydroxylation sites is 1. The highest BCUT2D eigenvalue weighted by Crippen LogP contribution is 2.24. The van der Waals surface area contributed by atoms with Gasteiger partial charge in [-0.1, -0.05) is 31.4 Å². The maximum atomic E-state index is 12.6. The Morgan fingerprint density at radius 3 is 2.95 bits per heavy atom. The van der Waals surface area contributed by atoms with Gasteiger partial charge >= 0.3 is 0 Å². The highest BCUT2D eigenvalue weighted by molar-refractivity contribution is 6.05. The van der Waals surface area contributed by atoms with Crippen LogP contribution in [0.2, 0.25) is 0 Å². The number of aromatic amines is 1. The summed E-state index contributed by atoms with van der Waals surface area (Å²) in [5.41, 5.74) is 1.56. The molecule has 0 bridgehead atoms. The predicted octanol–water partition coefficient (Wildman–Crippen LogP) is 2.84. The number of H-pyrrole nitrogens is 1. The summed E-state index contributed by atoms with van der Waals surface area (Å²) < 4.78 is 0. The second-order valence-corrected chi connectivity index (χ2v) is 5.91. The van der Waals surface area contributed by atoms with Crippen molar-refractivity contribution in [3.63, 3.8) is 0 Å². The highest BCUT2D eigenvalue weighted by atomic mass is 16.3. The van der Waals surface area contributed by atoms with E-state index in [0.717, 1.165) is 36.6 Å². The molecule has 0 spiro atoms. The van der Waals surface area contributed by atoms with Crippen molar-refractivity contribution in [1.29, 1.82) is 0 Å². The standard InChI is InChI=1S/C17H22N2O2/c20-11-13-5-2-1-3-8-15(13)19-17(21)14-7-4-6-12-9-10-18-16(12)14/h4,6-7,9-10,13,15,18,20H,1-3,5,8,11H2,(H,19,21)/t13-,15-/m0/s1. The van der Waals surface area contributed by atoms with Gasteiger partial charge in [0.25, 0.3) is 5.91 Å². The monoisotopic (exact) mass is 286 g/mol. The number of aliphatic hydroxyl groups is 1. The van der Waals surface area contributed by atoms with Crippen LogP contribution < -0.4 is 5.32 Å². The summed E-state index contributed by atoms with van der Waals surface area (Å²) >= 11 is 0. The Labute approximate surface area is 124 Å². The van der Waals surface area contributed by atoms with E-state index in [1.807, 2.05) is 30.5 Å². The third-order valence-corrected chi connectivity index (χ3v) is 4.54. The van der Waals surface area contributed by atoms with Crippen LogP contribution in [0.15, 0.2) is 30.5 Å². The number of carbonyl (C=O) groups is 1. The Hall–Kier alpha value is -1.81. The van der Waals surface area contributed by atoms with Gasteiger partial charge in [-0.2, -0.15) is 0 Å². The van der Waals surface area contributed by atoms with Crippen molar-refractivity contribution < 1.29 is 9.90 Å². The zero-order valence-corrected chi connectivity index (χ0v) is 12.1. The molecule has 21 heavy (non-hydrogen) atoms. The Kier molecular flexibility index (Phi) is 4.25. The van der Waals surface area contributed by atoms with Crippen LogP contribution >= 0.6 is 0 Å². The topological polar surface area (TPSA) is 65.1 Å². The van der Waals surface area contributed by atoms with Crippen LogP contribution in [0.25, 0.3) is 10.9 Å². The smallest absolute Gasteiger partial charge is 0.253 e. The van der Waals surface area contributed by atoms with Crippen molar-refractivity contribution in [2.75, 3.05) is 6.61 Å². The highest BCUT2D eigenvalue weighted by Gasteiger charge is 2.25. The van der Waals surface area contributed by atoms with Gasteiger partial charge in [-0.05, 0) is 25.0 Å². The fraction of sp³-hybridized carbons (Fsp3) is 0.471. The summed E-state index contributed by atoms with van der Waals surface area (Å²) in [5.74, 6) is 0.132. The molecule has 1 aromatic heterocycles. The zero-order chi connectivity index (χ0) is 14.7. The van der Waals surface area contributed by atoms with E-state index < -0.39 is 0 Å². The van der Waals surface area contributed by atoms with Crippen LogP contribution in [-0.4, -0.2) is 28.6 Å². The van der Waals surface area contributed by atoms with Gasteiger partial charge in [0.15, 0.2) is 0 Å². The number of fused-ring (bicyclic) bond motifs is 1. The van der Waals surface area contributed by atoms with Crippen molar-refractivity contribution in [2.24, 2.45) is 5.92 Å². The largest absolute Gasteiger partial charge is 0.396 e. The lowest BCUT2D eigenvalue weighted by molar-refractivity contribution is 0.0901. The summed E-state index contributed by atoms with van der Waals surface area (Å²) in [6.45, 7) is 0.150. The van der Waals surface area contributed by atoms with Gasteiger partial charge in [0.05, 0.1) is 11.1 Å². The summed E-state index contributed by atoms with van der Waals surface area (Å²) in [6.07, 6.45) is 7.25. The van der Waals surface area contributed by atoms with E-state index in [0.29, 0.717) is 5.56 Å². The Balaban J connectivity index is 1.80. The molecule has 4 heteroatoms. The molecule has 1 amide bonds. The summed E-state index contributed by atoms with van der Waals surface area (Å²) in [7, 11) is 0. The van der Waals surface area contributed by atoms with Crippen molar-refractivity contribution in [1.82, 2.24) is 10.3 Å². The minimum Gasteiger partial charge on any atom is -0.396 e. The van der Waals surface area contributed by atoms with Crippen LogP contribution in [0.3, 0.4) is 0 Å². The second-order valence-electron chi connectivity index (χ2n) is 5.91. The number of aliphatic hydroxyl groups excluding tert-OH is 1. The van der Waals surface area contributed by atoms with E-state index in [9.17, 15) is 9.90 Å². The molecule has 1 heterocycles. The molecule has 1 aliphatic carbocycles.